The second kappa shape index (κ2) is 8.07. The summed E-state index contributed by atoms with van der Waals surface area (Å²) in [5.74, 6) is 0.114. The van der Waals surface area contributed by atoms with Gasteiger partial charge in [-0.25, -0.2) is 8.42 Å². The molecule has 0 aliphatic carbocycles. The minimum atomic E-state index is -3.87. The van der Waals surface area contributed by atoms with Crippen molar-refractivity contribution >= 4 is 21.8 Å². The molecule has 1 aliphatic heterocycles. The minimum Gasteiger partial charge on any atom is -0.354 e. The van der Waals surface area contributed by atoms with E-state index < -0.39 is 10.0 Å². The van der Waals surface area contributed by atoms with Gasteiger partial charge < -0.3 is 14.7 Å². The third-order valence-corrected chi connectivity index (χ3v) is 6.11. The lowest BCUT2D eigenvalue weighted by Crippen LogP contribution is -2.49. The Morgan fingerprint density at radius 1 is 1.39 bits per heavy atom. The van der Waals surface area contributed by atoms with E-state index in [9.17, 15) is 18.0 Å². The Kier molecular flexibility index (Phi) is 5.75. The molecule has 0 atom stereocenters. The van der Waals surface area contributed by atoms with Gasteiger partial charge in [0.2, 0.25) is 21.8 Å². The van der Waals surface area contributed by atoms with E-state index in [1.165, 1.54) is 29.2 Å². The Bertz CT molecular complexity index is 987. The lowest BCUT2D eigenvalue weighted by Gasteiger charge is -2.26. The Labute approximate surface area is 162 Å². The fourth-order valence-electron chi connectivity index (χ4n) is 2.75. The van der Waals surface area contributed by atoms with Crippen molar-refractivity contribution in [3.63, 3.8) is 0 Å². The molecule has 0 spiro atoms. The number of carbonyl (C=O) groups excluding carboxylic acids is 2. The van der Waals surface area contributed by atoms with Crippen LogP contribution in [0.25, 0.3) is 0 Å². The summed E-state index contributed by atoms with van der Waals surface area (Å²) in [7, 11) is -2.31. The summed E-state index contributed by atoms with van der Waals surface area (Å²) >= 11 is 0. The molecule has 2 aromatic rings. The van der Waals surface area contributed by atoms with Gasteiger partial charge in [0.15, 0.2) is 5.82 Å². The van der Waals surface area contributed by atoms with E-state index in [1.54, 1.807) is 7.05 Å². The molecule has 2 heterocycles. The van der Waals surface area contributed by atoms with Crippen LogP contribution in [0.2, 0.25) is 0 Å². The first-order valence-corrected chi connectivity index (χ1v) is 10.2. The van der Waals surface area contributed by atoms with Crippen LogP contribution in [0.3, 0.4) is 0 Å². The van der Waals surface area contributed by atoms with Crippen LogP contribution in [0.4, 0.5) is 0 Å². The molecule has 150 valence electrons. The number of benzene rings is 1. The molecule has 28 heavy (non-hydrogen) atoms. The smallest absolute Gasteiger partial charge is 0.254 e. The highest BCUT2D eigenvalue weighted by Crippen LogP contribution is 2.19. The Morgan fingerprint density at radius 2 is 2.18 bits per heavy atom. The molecule has 2 amide bonds. The molecule has 0 radical (unpaired) electrons. The summed E-state index contributed by atoms with van der Waals surface area (Å²) in [5, 5.41) is 6.37. The van der Waals surface area contributed by atoms with Gasteiger partial charge >= 0.3 is 0 Å². The number of amides is 2. The van der Waals surface area contributed by atoms with Crippen molar-refractivity contribution in [3.8, 4) is 0 Å². The summed E-state index contributed by atoms with van der Waals surface area (Å²) in [6, 6.07) is 5.75. The highest BCUT2D eigenvalue weighted by Gasteiger charge is 2.29. The van der Waals surface area contributed by atoms with Crippen LogP contribution >= 0.6 is 0 Å². The van der Waals surface area contributed by atoms with Crippen molar-refractivity contribution in [2.24, 2.45) is 0 Å². The Balaban J connectivity index is 1.78. The van der Waals surface area contributed by atoms with Gasteiger partial charge in [0.1, 0.15) is 0 Å². The molecule has 0 saturated carbocycles. The minimum absolute atomic E-state index is 0.0347. The Hall–Kier alpha value is -2.79. The summed E-state index contributed by atoms with van der Waals surface area (Å²) in [6.07, 6.45) is 0.621. The Morgan fingerprint density at radius 3 is 2.86 bits per heavy atom. The van der Waals surface area contributed by atoms with Crippen LogP contribution in [0.1, 0.15) is 29.0 Å². The summed E-state index contributed by atoms with van der Waals surface area (Å²) in [6.45, 7) is 2.19. The zero-order chi connectivity index (χ0) is 20.3. The SMILES string of the molecule is CCc1noc(CN(C)C(=O)c2cccc(S(=O)(=O)N3CCNC(=O)C3)c2)n1. The number of hydrogen-bond donors (Lipinski definition) is 1. The van der Waals surface area contributed by atoms with Crippen LogP contribution in [-0.2, 0) is 27.8 Å². The number of sulfonamides is 1. The number of piperazine rings is 1. The maximum Gasteiger partial charge on any atom is 0.254 e. The van der Waals surface area contributed by atoms with Crippen LogP contribution in [0.15, 0.2) is 33.7 Å². The first-order chi connectivity index (χ1) is 13.3. The number of aromatic nitrogens is 2. The normalized spacial score (nSPS) is 15.3. The zero-order valence-electron chi connectivity index (χ0n) is 15.6. The number of nitrogens with zero attached hydrogens (tertiary/aromatic N) is 4. The molecule has 10 nitrogen and oxygen atoms in total. The molecule has 1 N–H and O–H groups in total. The number of aryl methyl sites for hydroxylation is 1. The quantitative estimate of drug-likeness (QED) is 0.716. The van der Waals surface area contributed by atoms with Gasteiger partial charge in [-0.1, -0.05) is 18.1 Å². The fourth-order valence-corrected chi connectivity index (χ4v) is 4.20. The van der Waals surface area contributed by atoms with Gasteiger partial charge in [0.25, 0.3) is 5.91 Å². The van der Waals surface area contributed by atoms with E-state index in [-0.39, 0.29) is 48.5 Å². The van der Waals surface area contributed by atoms with Gasteiger partial charge in [0.05, 0.1) is 18.0 Å². The third kappa shape index (κ3) is 4.20. The van der Waals surface area contributed by atoms with E-state index in [2.05, 4.69) is 15.5 Å². The molecular formula is C17H21N5O5S. The van der Waals surface area contributed by atoms with E-state index >= 15 is 0 Å². The molecular weight excluding hydrogens is 386 g/mol. The highest BCUT2D eigenvalue weighted by atomic mass is 32.2. The number of rotatable bonds is 6. The zero-order valence-corrected chi connectivity index (χ0v) is 16.4. The maximum absolute atomic E-state index is 12.8. The predicted octanol–water partition coefficient (Wildman–Crippen LogP) is 0.0247. The first kappa shape index (κ1) is 20.0. The molecule has 11 heteroatoms. The van der Waals surface area contributed by atoms with Crippen LogP contribution in [-0.4, -0.2) is 66.3 Å². The standard InChI is InChI=1S/C17H21N5O5S/c1-3-14-19-16(27-20-14)11-21(2)17(24)12-5-4-6-13(9-12)28(25,26)22-8-7-18-15(23)10-22/h4-6,9H,3,7-8,10-11H2,1-2H3,(H,18,23). The lowest BCUT2D eigenvalue weighted by atomic mass is 10.2. The summed E-state index contributed by atoms with van der Waals surface area (Å²) < 4.78 is 31.8. The molecule has 0 bridgehead atoms. The largest absolute Gasteiger partial charge is 0.354 e. The lowest BCUT2D eigenvalue weighted by molar-refractivity contribution is -0.122. The monoisotopic (exact) mass is 407 g/mol. The van der Waals surface area contributed by atoms with Crippen molar-refractivity contribution < 1.29 is 22.5 Å². The molecule has 1 fully saturated rings. The van der Waals surface area contributed by atoms with Crippen molar-refractivity contribution in [3.05, 3.63) is 41.5 Å². The predicted molar refractivity (Wildman–Crippen MR) is 97.7 cm³/mol. The average molecular weight is 407 g/mol. The first-order valence-electron chi connectivity index (χ1n) is 8.75. The van der Waals surface area contributed by atoms with E-state index in [0.717, 1.165) is 4.31 Å². The average Bonchev–Trinajstić information content (AvgIpc) is 3.15. The molecule has 1 aromatic carbocycles. The van der Waals surface area contributed by atoms with Crippen LogP contribution < -0.4 is 5.32 Å². The second-order valence-electron chi connectivity index (χ2n) is 6.34. The maximum atomic E-state index is 12.8. The van der Waals surface area contributed by atoms with Crippen molar-refractivity contribution in [2.75, 3.05) is 26.7 Å². The van der Waals surface area contributed by atoms with Gasteiger partial charge in [-0.3, -0.25) is 9.59 Å². The van der Waals surface area contributed by atoms with E-state index in [1.807, 2.05) is 6.92 Å². The summed E-state index contributed by atoms with van der Waals surface area (Å²) in [5.41, 5.74) is 0.209. The second-order valence-corrected chi connectivity index (χ2v) is 8.27. The molecule has 0 unspecified atom stereocenters. The molecule has 1 saturated heterocycles. The molecule has 1 aliphatic rings. The van der Waals surface area contributed by atoms with Gasteiger partial charge in [-0.15, -0.1) is 0 Å². The van der Waals surface area contributed by atoms with E-state index in [0.29, 0.717) is 18.1 Å². The van der Waals surface area contributed by atoms with Crippen LogP contribution in [0, 0.1) is 0 Å². The van der Waals surface area contributed by atoms with Gasteiger partial charge in [0, 0.05) is 32.1 Å². The summed E-state index contributed by atoms with van der Waals surface area (Å²) in [4.78, 5) is 29.7. The van der Waals surface area contributed by atoms with Crippen molar-refractivity contribution in [1.82, 2.24) is 24.7 Å². The fraction of sp³-hybridized carbons (Fsp3) is 0.412. The van der Waals surface area contributed by atoms with Gasteiger partial charge in [-0.05, 0) is 18.2 Å². The van der Waals surface area contributed by atoms with E-state index in [4.69, 9.17) is 4.52 Å². The molecule has 1 aromatic heterocycles. The van der Waals surface area contributed by atoms with Crippen molar-refractivity contribution in [2.45, 2.75) is 24.8 Å². The molecule has 3 rings (SSSR count). The highest BCUT2D eigenvalue weighted by molar-refractivity contribution is 7.89. The van der Waals surface area contributed by atoms with Crippen LogP contribution in [0.5, 0.6) is 0 Å². The number of carbonyl (C=O) groups is 2. The number of hydrogen-bond acceptors (Lipinski definition) is 7. The third-order valence-electron chi connectivity index (χ3n) is 4.27. The van der Waals surface area contributed by atoms with Crippen molar-refractivity contribution in [1.29, 1.82) is 0 Å². The topological polar surface area (TPSA) is 126 Å². The van der Waals surface area contributed by atoms with Gasteiger partial charge in [-0.2, -0.15) is 9.29 Å². The number of nitrogens with one attached hydrogen (secondary N) is 1.